The summed E-state index contributed by atoms with van der Waals surface area (Å²) in [7, 11) is 0. The van der Waals surface area contributed by atoms with E-state index >= 15 is 0 Å². The molecule has 0 saturated carbocycles. The SMILES string of the molecule is S=C(I)P(I)I. The molecule has 0 N–H and O–H groups in total. The zero-order valence-electron chi connectivity index (χ0n) is 2.49. The summed E-state index contributed by atoms with van der Waals surface area (Å²) in [6.07, 6.45) is 0. The molecular formula is CI3PS. The van der Waals surface area contributed by atoms with Gasteiger partial charge in [0.15, 0.2) is 0 Å². The van der Waals surface area contributed by atoms with Crippen LogP contribution in [0.4, 0.5) is 0 Å². The molecule has 0 bridgehead atoms. The van der Waals surface area contributed by atoms with Gasteiger partial charge in [-0.3, -0.25) is 0 Å². The van der Waals surface area contributed by atoms with E-state index in [1.165, 1.54) is 0 Å². The molecule has 0 aromatic heterocycles. The number of hydrogen-bond donors (Lipinski definition) is 0. The van der Waals surface area contributed by atoms with Crippen molar-refractivity contribution in [3.63, 3.8) is 0 Å². The van der Waals surface area contributed by atoms with Crippen molar-refractivity contribution in [3.8, 4) is 0 Å². The summed E-state index contributed by atoms with van der Waals surface area (Å²) in [5.41, 5.74) is 0. The molecule has 0 radical (unpaired) electrons. The Bertz CT molecular complexity index is 61.8. The predicted octanol–water partition coefficient (Wildman–Crippen LogP) is 3.89. The molecule has 0 aliphatic carbocycles. The van der Waals surface area contributed by atoms with E-state index < -0.39 is 0 Å². The van der Waals surface area contributed by atoms with Gasteiger partial charge in [0.25, 0.3) is 0 Å². The van der Waals surface area contributed by atoms with Gasteiger partial charge >= 0.3 is 0 Å². The van der Waals surface area contributed by atoms with Crippen molar-refractivity contribution >= 4 is 84.7 Å². The third-order valence-electron chi connectivity index (χ3n) is 0.133. The van der Waals surface area contributed by atoms with Gasteiger partial charge in [0.05, 0.1) is 5.82 Å². The van der Waals surface area contributed by atoms with Crippen LogP contribution >= 0.6 is 82.1 Å². The van der Waals surface area contributed by atoms with Crippen LogP contribution in [0.3, 0.4) is 0 Å². The van der Waals surface area contributed by atoms with Crippen molar-refractivity contribution in [3.05, 3.63) is 0 Å². The normalized spacial score (nSPS) is 9.33. The average Bonchev–Trinajstić information content (AvgIpc) is 1.36. The van der Waals surface area contributed by atoms with Crippen molar-refractivity contribution in [1.82, 2.24) is 0 Å². The van der Waals surface area contributed by atoms with Crippen LogP contribution < -0.4 is 0 Å². The predicted molar refractivity (Wildman–Crippen MR) is 61.6 cm³/mol. The summed E-state index contributed by atoms with van der Waals surface area (Å²) in [6, 6.07) is 0. The maximum atomic E-state index is 4.82. The summed E-state index contributed by atoms with van der Waals surface area (Å²) in [5, 5.41) is 0. The second-order valence-corrected chi connectivity index (χ2v) is 16.1. The highest BCUT2D eigenvalue weighted by atomic mass is 127. The first-order valence-corrected chi connectivity index (χ1v) is 9.35. The van der Waals surface area contributed by atoms with Crippen molar-refractivity contribution in [2.24, 2.45) is 0 Å². The minimum absolute atomic E-state index is 0.00132. The highest BCUT2D eigenvalue weighted by molar-refractivity contribution is 14.3. The second-order valence-electron chi connectivity index (χ2n) is 0.486. The van der Waals surface area contributed by atoms with Crippen LogP contribution in [0.25, 0.3) is 0 Å². The lowest BCUT2D eigenvalue weighted by Crippen LogP contribution is -1.55. The van der Waals surface area contributed by atoms with Crippen LogP contribution in [-0.2, 0) is 0 Å². The molecule has 0 rings (SSSR count). The summed E-state index contributed by atoms with van der Waals surface area (Å²) in [5.74, 6) is 0. The van der Waals surface area contributed by atoms with Crippen LogP contribution in [0.1, 0.15) is 0 Å². The standard InChI is InChI=1S/CI3PS/c2-1(6)5(3)4. The average molecular weight is 456 g/mol. The van der Waals surface area contributed by atoms with Gasteiger partial charge in [-0.2, -0.15) is 0 Å². The second kappa shape index (κ2) is 4.58. The number of rotatable bonds is 1. The van der Waals surface area contributed by atoms with Gasteiger partial charge in [-0.1, -0.05) is 12.2 Å². The van der Waals surface area contributed by atoms with Gasteiger partial charge in [0.2, 0.25) is 0 Å². The highest BCUT2D eigenvalue weighted by Crippen LogP contribution is 2.56. The third kappa shape index (κ3) is 4.86. The summed E-state index contributed by atoms with van der Waals surface area (Å²) >= 11 is 11.7. The van der Waals surface area contributed by atoms with Crippen molar-refractivity contribution < 1.29 is 0 Å². The number of halogens is 3. The van der Waals surface area contributed by atoms with E-state index in [-0.39, 0.29) is 3.21 Å². The van der Waals surface area contributed by atoms with Crippen LogP contribution in [0.5, 0.6) is 0 Å². The van der Waals surface area contributed by atoms with Gasteiger partial charge in [-0.25, -0.2) is 0 Å². The van der Waals surface area contributed by atoms with Crippen LogP contribution in [0.2, 0.25) is 0 Å². The van der Waals surface area contributed by atoms with Crippen molar-refractivity contribution in [2.75, 3.05) is 0 Å². The lowest BCUT2D eigenvalue weighted by Gasteiger charge is -1.88. The maximum absolute atomic E-state index is 4.82. The Labute approximate surface area is 83.1 Å². The molecule has 0 nitrogen and oxygen atoms in total. The Balaban J connectivity index is 3.26. The fourth-order valence-electron chi connectivity index (χ4n) is 0. The summed E-state index contributed by atoms with van der Waals surface area (Å²) in [4.78, 5) is 0. The van der Waals surface area contributed by atoms with Gasteiger partial charge in [0.1, 0.15) is 0 Å². The molecular weight excluding hydrogens is 456 g/mol. The minimum atomic E-state index is -0.00132. The molecule has 0 aromatic carbocycles. The quantitative estimate of drug-likeness (QED) is 0.250. The smallest absolute Gasteiger partial charge is 0.0708 e. The van der Waals surface area contributed by atoms with E-state index in [1.54, 1.807) is 0 Å². The first-order valence-electron chi connectivity index (χ1n) is 0.955. The van der Waals surface area contributed by atoms with Crippen LogP contribution in [-0.4, -0.2) is 2.61 Å². The van der Waals surface area contributed by atoms with Crippen molar-refractivity contribution in [1.29, 1.82) is 0 Å². The summed E-state index contributed by atoms with van der Waals surface area (Å²) < 4.78 is 1.10. The molecule has 0 aromatic rings. The molecule has 0 amide bonds. The van der Waals surface area contributed by atoms with E-state index in [9.17, 15) is 0 Å². The lowest BCUT2D eigenvalue weighted by molar-refractivity contribution is 4.33. The Kier molecular flexibility index (Phi) is 6.64. The van der Waals surface area contributed by atoms with Gasteiger partial charge in [-0.05, 0) is 66.7 Å². The Morgan fingerprint density at radius 1 is 1.50 bits per heavy atom. The molecule has 0 fully saturated rings. The highest BCUT2D eigenvalue weighted by Gasteiger charge is 1.97. The Morgan fingerprint density at radius 3 is 1.67 bits per heavy atom. The first kappa shape index (κ1) is 8.71. The zero-order valence-corrected chi connectivity index (χ0v) is 10.7. The van der Waals surface area contributed by atoms with Gasteiger partial charge < -0.3 is 0 Å². The fraction of sp³-hybridized carbons (Fsp3) is 0. The lowest BCUT2D eigenvalue weighted by atomic mass is 11.9. The molecule has 0 spiro atoms. The molecule has 5 heteroatoms. The number of hydrogen-bond acceptors (Lipinski definition) is 1. The van der Waals surface area contributed by atoms with E-state index in [1.807, 2.05) is 0 Å². The van der Waals surface area contributed by atoms with E-state index in [0.717, 1.165) is 2.61 Å². The minimum Gasteiger partial charge on any atom is -0.0708 e. The number of thiocarbonyl (C=S) groups is 1. The largest absolute Gasteiger partial charge is 0.0965 e. The van der Waals surface area contributed by atoms with E-state index in [0.29, 0.717) is 0 Å². The Hall–Kier alpha value is 2.71. The van der Waals surface area contributed by atoms with Crippen LogP contribution in [0.15, 0.2) is 0 Å². The molecule has 0 aliphatic heterocycles. The topological polar surface area (TPSA) is 0 Å². The zero-order chi connectivity index (χ0) is 5.15. The first-order chi connectivity index (χ1) is 2.64. The molecule has 0 heterocycles. The Morgan fingerprint density at radius 2 is 1.67 bits per heavy atom. The van der Waals surface area contributed by atoms with Gasteiger partial charge in [-0.15, -0.1) is 0 Å². The monoisotopic (exact) mass is 456 g/mol. The van der Waals surface area contributed by atoms with Crippen molar-refractivity contribution in [2.45, 2.75) is 0 Å². The molecule has 0 saturated heterocycles. The molecule has 36 valence electrons. The molecule has 0 aliphatic rings. The van der Waals surface area contributed by atoms with Crippen LogP contribution in [0, 0.1) is 0 Å². The van der Waals surface area contributed by atoms with Gasteiger partial charge in [0, 0.05) is 0 Å². The summed E-state index contributed by atoms with van der Waals surface area (Å²) in [6.45, 7) is 0. The third-order valence-corrected chi connectivity index (χ3v) is 12.8. The fourth-order valence-corrected chi connectivity index (χ4v) is 0. The molecule has 0 atom stereocenters. The van der Waals surface area contributed by atoms with E-state index in [4.69, 9.17) is 12.2 Å². The molecule has 6 heavy (non-hydrogen) atoms. The van der Waals surface area contributed by atoms with E-state index in [2.05, 4.69) is 66.7 Å². The molecule has 0 unspecified atom stereocenters. The maximum Gasteiger partial charge on any atom is 0.0965 e.